The van der Waals surface area contributed by atoms with Crippen molar-refractivity contribution in [2.75, 3.05) is 0 Å². The predicted octanol–water partition coefficient (Wildman–Crippen LogP) is 0.732. The largest absolute Gasteiger partial charge is 0.481 e. The van der Waals surface area contributed by atoms with Gasteiger partial charge in [0.15, 0.2) is 12.7 Å². The molecule has 0 atom stereocenters. The van der Waals surface area contributed by atoms with E-state index < -0.39 is 5.97 Å². The van der Waals surface area contributed by atoms with Crippen LogP contribution in [0.4, 0.5) is 0 Å². The summed E-state index contributed by atoms with van der Waals surface area (Å²) in [4.78, 5) is 24.4. The van der Waals surface area contributed by atoms with Gasteiger partial charge in [0.05, 0.1) is 6.42 Å². The van der Waals surface area contributed by atoms with Crippen LogP contribution in [0.25, 0.3) is 5.57 Å². The summed E-state index contributed by atoms with van der Waals surface area (Å²) in [5.41, 5.74) is 0.562. The average molecular weight is 181 g/mol. The number of carbonyl (C=O) groups excluding carboxylic acids is 1. The molecule has 1 heterocycles. The highest BCUT2D eigenvalue weighted by Gasteiger charge is 2.03. The highest BCUT2D eigenvalue weighted by atomic mass is 16.4. The molecule has 0 spiro atoms. The lowest BCUT2D eigenvalue weighted by molar-refractivity contribution is -0.135. The van der Waals surface area contributed by atoms with Crippen LogP contribution >= 0.6 is 0 Å². The molecule has 0 fully saturated rings. The third-order valence-electron chi connectivity index (χ3n) is 1.35. The van der Waals surface area contributed by atoms with E-state index in [1.807, 2.05) is 0 Å². The number of allylic oxidation sites excluding steroid dienone is 1. The lowest BCUT2D eigenvalue weighted by atomic mass is 10.2. The number of rotatable bonds is 4. The Morgan fingerprint density at radius 3 is 2.92 bits per heavy atom. The van der Waals surface area contributed by atoms with Crippen LogP contribution in [0.1, 0.15) is 12.1 Å². The molecule has 1 aromatic rings. The van der Waals surface area contributed by atoms with Crippen LogP contribution in [0.15, 0.2) is 23.1 Å². The van der Waals surface area contributed by atoms with Crippen LogP contribution in [0.3, 0.4) is 0 Å². The van der Waals surface area contributed by atoms with E-state index in [2.05, 4.69) is 9.40 Å². The first-order valence-corrected chi connectivity index (χ1v) is 3.49. The van der Waals surface area contributed by atoms with Crippen molar-refractivity contribution in [1.82, 2.24) is 4.98 Å². The number of carbonyl (C=O) groups is 2. The van der Waals surface area contributed by atoms with Crippen molar-refractivity contribution in [3.8, 4) is 0 Å². The quantitative estimate of drug-likeness (QED) is 0.547. The van der Waals surface area contributed by atoms with Gasteiger partial charge in [-0.1, -0.05) is 6.08 Å². The minimum Gasteiger partial charge on any atom is -0.481 e. The van der Waals surface area contributed by atoms with E-state index in [1.54, 1.807) is 0 Å². The average Bonchev–Trinajstić information content (AvgIpc) is 2.58. The van der Waals surface area contributed by atoms with Gasteiger partial charge in [-0.15, -0.1) is 0 Å². The Balaban J connectivity index is 2.79. The van der Waals surface area contributed by atoms with Gasteiger partial charge in [-0.05, 0) is 0 Å². The van der Waals surface area contributed by atoms with Crippen LogP contribution in [0.2, 0.25) is 0 Å². The standard InChI is InChI=1S/C8H7NO4/c10-3-6(1-2-8(11)12)7-4-13-5-9-7/h1,3-5H,2H2,(H,11,12). The first kappa shape index (κ1) is 9.18. The molecule has 0 unspecified atom stereocenters. The van der Waals surface area contributed by atoms with Crippen molar-refractivity contribution in [3.63, 3.8) is 0 Å². The van der Waals surface area contributed by atoms with E-state index >= 15 is 0 Å². The van der Waals surface area contributed by atoms with E-state index in [1.165, 1.54) is 18.7 Å². The van der Waals surface area contributed by atoms with Crippen LogP contribution in [-0.2, 0) is 9.59 Å². The summed E-state index contributed by atoms with van der Waals surface area (Å²) in [6.45, 7) is 0. The monoisotopic (exact) mass is 181 g/mol. The molecule has 0 saturated carbocycles. The number of aromatic nitrogens is 1. The molecule has 13 heavy (non-hydrogen) atoms. The molecule has 1 rings (SSSR count). The lowest BCUT2D eigenvalue weighted by Gasteiger charge is -1.90. The summed E-state index contributed by atoms with van der Waals surface area (Å²) in [6, 6.07) is 0. The second kappa shape index (κ2) is 4.20. The minimum absolute atomic E-state index is 0.207. The van der Waals surface area contributed by atoms with Gasteiger partial charge in [0, 0.05) is 5.57 Å². The molecule has 5 nitrogen and oxygen atoms in total. The van der Waals surface area contributed by atoms with Crippen LogP contribution in [-0.4, -0.2) is 22.3 Å². The van der Waals surface area contributed by atoms with E-state index in [4.69, 9.17) is 5.11 Å². The molecule has 0 saturated heterocycles. The first-order valence-electron chi connectivity index (χ1n) is 3.49. The van der Waals surface area contributed by atoms with Crippen LogP contribution in [0.5, 0.6) is 0 Å². The zero-order valence-corrected chi connectivity index (χ0v) is 6.64. The Morgan fingerprint density at radius 2 is 2.46 bits per heavy atom. The van der Waals surface area contributed by atoms with Gasteiger partial charge >= 0.3 is 5.97 Å². The fourth-order valence-corrected chi connectivity index (χ4v) is 0.765. The van der Waals surface area contributed by atoms with E-state index in [-0.39, 0.29) is 12.0 Å². The number of hydrogen-bond donors (Lipinski definition) is 1. The molecular weight excluding hydrogens is 174 g/mol. The highest BCUT2D eigenvalue weighted by molar-refractivity contribution is 6.06. The topological polar surface area (TPSA) is 80.4 Å². The molecule has 0 aromatic carbocycles. The van der Waals surface area contributed by atoms with E-state index in [0.717, 1.165) is 0 Å². The van der Waals surface area contributed by atoms with Gasteiger partial charge in [-0.2, -0.15) is 0 Å². The van der Waals surface area contributed by atoms with Crippen molar-refractivity contribution in [2.45, 2.75) is 6.42 Å². The fourth-order valence-electron chi connectivity index (χ4n) is 0.765. The number of aliphatic carboxylic acids is 1. The Morgan fingerprint density at radius 1 is 1.69 bits per heavy atom. The SMILES string of the molecule is O=CC(=CCC(=O)O)c1cocn1. The van der Waals surface area contributed by atoms with E-state index in [9.17, 15) is 9.59 Å². The summed E-state index contributed by atoms with van der Waals surface area (Å²) in [6.07, 6.45) is 4.07. The van der Waals surface area contributed by atoms with Gasteiger partial charge in [0.2, 0.25) is 0 Å². The maximum atomic E-state index is 10.5. The van der Waals surface area contributed by atoms with Gasteiger partial charge in [-0.25, -0.2) is 4.98 Å². The van der Waals surface area contributed by atoms with Gasteiger partial charge in [0.25, 0.3) is 0 Å². The number of aldehydes is 1. The minimum atomic E-state index is -0.997. The number of carboxylic acids is 1. The van der Waals surface area contributed by atoms with Crippen molar-refractivity contribution in [2.24, 2.45) is 0 Å². The van der Waals surface area contributed by atoms with Crippen LogP contribution in [0, 0.1) is 0 Å². The number of oxazole rings is 1. The highest BCUT2D eigenvalue weighted by Crippen LogP contribution is 2.09. The van der Waals surface area contributed by atoms with Crippen molar-refractivity contribution in [3.05, 3.63) is 24.4 Å². The Hall–Kier alpha value is -1.91. The normalized spacial score (nSPS) is 11.2. The number of hydrogen-bond acceptors (Lipinski definition) is 4. The molecule has 5 heteroatoms. The molecule has 0 amide bonds. The zero-order valence-electron chi connectivity index (χ0n) is 6.64. The first-order chi connectivity index (χ1) is 6.24. The fraction of sp³-hybridized carbons (Fsp3) is 0.125. The molecule has 1 aromatic heterocycles. The summed E-state index contributed by atoms with van der Waals surface area (Å²) in [7, 11) is 0. The Bertz CT molecular complexity index is 326. The molecule has 68 valence electrons. The summed E-state index contributed by atoms with van der Waals surface area (Å²) in [5, 5.41) is 8.35. The molecule has 0 bridgehead atoms. The van der Waals surface area contributed by atoms with Gasteiger partial charge in [-0.3, -0.25) is 9.59 Å². The number of nitrogens with zero attached hydrogens (tertiary/aromatic N) is 1. The summed E-state index contributed by atoms with van der Waals surface area (Å²) < 4.78 is 4.65. The smallest absolute Gasteiger partial charge is 0.307 e. The summed E-state index contributed by atoms with van der Waals surface area (Å²) >= 11 is 0. The van der Waals surface area contributed by atoms with Gasteiger partial charge < -0.3 is 9.52 Å². The second-order valence-electron chi connectivity index (χ2n) is 2.25. The third-order valence-corrected chi connectivity index (χ3v) is 1.35. The molecule has 0 aliphatic carbocycles. The van der Waals surface area contributed by atoms with Crippen molar-refractivity contribution >= 4 is 17.8 Å². The Kier molecular flexibility index (Phi) is 2.97. The molecular formula is C8H7NO4. The van der Waals surface area contributed by atoms with Crippen LogP contribution < -0.4 is 0 Å². The van der Waals surface area contributed by atoms with Crippen molar-refractivity contribution < 1.29 is 19.1 Å². The molecule has 0 radical (unpaired) electrons. The third kappa shape index (κ3) is 2.55. The molecule has 0 aliphatic rings. The number of carboxylic acid groups (broad SMARTS) is 1. The Labute approximate surface area is 73.7 Å². The summed E-state index contributed by atoms with van der Waals surface area (Å²) in [5.74, 6) is -0.997. The zero-order chi connectivity index (χ0) is 9.68. The predicted molar refractivity (Wildman–Crippen MR) is 42.8 cm³/mol. The van der Waals surface area contributed by atoms with E-state index in [0.29, 0.717) is 12.0 Å². The maximum absolute atomic E-state index is 10.5. The van der Waals surface area contributed by atoms with Crippen molar-refractivity contribution in [1.29, 1.82) is 0 Å². The molecule has 0 aliphatic heterocycles. The lowest BCUT2D eigenvalue weighted by Crippen LogP contribution is -1.93. The molecule has 1 N–H and O–H groups in total. The van der Waals surface area contributed by atoms with Gasteiger partial charge in [0.1, 0.15) is 12.0 Å². The second-order valence-corrected chi connectivity index (χ2v) is 2.25. The maximum Gasteiger partial charge on any atom is 0.307 e.